The number of rotatable bonds is 5. The molecule has 3 rings (SSSR count). The average molecular weight is 391 g/mol. The first-order valence-electron chi connectivity index (χ1n) is 9.02. The molecule has 1 aliphatic heterocycles. The number of aromatic amines is 1. The molecule has 0 unspecified atom stereocenters. The summed E-state index contributed by atoms with van der Waals surface area (Å²) in [4.78, 5) is 31.4. The number of ether oxygens (including phenoxy) is 1. The van der Waals surface area contributed by atoms with Crippen molar-refractivity contribution in [3.63, 3.8) is 0 Å². The van der Waals surface area contributed by atoms with Gasteiger partial charge in [0.25, 0.3) is 0 Å². The molecule has 0 spiro atoms. The van der Waals surface area contributed by atoms with Gasteiger partial charge in [-0.2, -0.15) is 11.3 Å². The highest BCUT2D eigenvalue weighted by Gasteiger charge is 2.27. The SMILES string of the molecule is CC(=O)N(Cc1cc(C)[nH]c1C)C[C@H]1CN(C(=O)Nc2ccsc2)CCO1. The number of hydrogen-bond acceptors (Lipinski definition) is 4. The van der Waals surface area contributed by atoms with E-state index in [1.54, 1.807) is 16.7 Å². The van der Waals surface area contributed by atoms with Crippen LogP contribution in [0.25, 0.3) is 0 Å². The van der Waals surface area contributed by atoms with Crippen LogP contribution in [0.5, 0.6) is 0 Å². The third kappa shape index (κ3) is 5.11. The number of thiophene rings is 1. The Morgan fingerprint density at radius 1 is 1.44 bits per heavy atom. The van der Waals surface area contributed by atoms with Gasteiger partial charge in [-0.25, -0.2) is 4.79 Å². The summed E-state index contributed by atoms with van der Waals surface area (Å²) < 4.78 is 5.83. The molecule has 0 aliphatic carbocycles. The van der Waals surface area contributed by atoms with Crippen molar-refractivity contribution in [1.29, 1.82) is 0 Å². The van der Waals surface area contributed by atoms with Gasteiger partial charge in [0.2, 0.25) is 5.91 Å². The second-order valence-corrected chi connectivity index (χ2v) is 7.66. The number of amides is 3. The lowest BCUT2D eigenvalue weighted by molar-refractivity contribution is -0.132. The zero-order valence-electron chi connectivity index (χ0n) is 15.9. The zero-order chi connectivity index (χ0) is 19.4. The zero-order valence-corrected chi connectivity index (χ0v) is 16.8. The number of carbonyl (C=O) groups excluding carboxylic acids is 2. The lowest BCUT2D eigenvalue weighted by Crippen LogP contribution is -2.51. The van der Waals surface area contributed by atoms with Crippen LogP contribution in [0.2, 0.25) is 0 Å². The van der Waals surface area contributed by atoms with Gasteiger partial charge in [-0.3, -0.25) is 4.79 Å². The minimum Gasteiger partial charge on any atom is -0.373 e. The Kier molecular flexibility index (Phi) is 6.18. The number of nitrogens with zero attached hydrogens (tertiary/aromatic N) is 2. The summed E-state index contributed by atoms with van der Waals surface area (Å²) in [5.74, 6) is -0.00305. The minimum atomic E-state index is -0.198. The van der Waals surface area contributed by atoms with E-state index in [1.165, 1.54) is 11.3 Å². The Labute approximate surface area is 163 Å². The normalized spacial score (nSPS) is 17.0. The molecule has 3 amide bonds. The molecule has 8 heteroatoms. The molecule has 0 bridgehead atoms. The topological polar surface area (TPSA) is 77.7 Å². The van der Waals surface area contributed by atoms with E-state index < -0.39 is 0 Å². The van der Waals surface area contributed by atoms with Crippen molar-refractivity contribution in [3.05, 3.63) is 39.8 Å². The Hall–Kier alpha value is -2.32. The highest BCUT2D eigenvalue weighted by Crippen LogP contribution is 2.16. The maximum absolute atomic E-state index is 12.4. The fourth-order valence-corrected chi connectivity index (χ4v) is 3.84. The molecule has 1 atom stereocenters. The van der Waals surface area contributed by atoms with Gasteiger partial charge < -0.3 is 24.8 Å². The van der Waals surface area contributed by atoms with Gasteiger partial charge in [0.15, 0.2) is 0 Å². The molecule has 27 heavy (non-hydrogen) atoms. The van der Waals surface area contributed by atoms with E-state index >= 15 is 0 Å². The highest BCUT2D eigenvalue weighted by atomic mass is 32.1. The molecule has 2 aromatic heterocycles. The van der Waals surface area contributed by atoms with Crippen LogP contribution in [0.1, 0.15) is 23.9 Å². The summed E-state index contributed by atoms with van der Waals surface area (Å²) in [6.45, 7) is 8.05. The molecule has 1 saturated heterocycles. The smallest absolute Gasteiger partial charge is 0.322 e. The van der Waals surface area contributed by atoms with Gasteiger partial charge in [0.1, 0.15) is 0 Å². The molecule has 146 valence electrons. The van der Waals surface area contributed by atoms with Crippen molar-refractivity contribution in [2.45, 2.75) is 33.4 Å². The highest BCUT2D eigenvalue weighted by molar-refractivity contribution is 7.08. The number of urea groups is 1. The minimum absolute atomic E-state index is 0.00305. The standard InChI is InChI=1S/C19H26N4O3S/c1-13-8-16(14(2)20-13)9-23(15(3)24)11-18-10-22(5-6-26-18)19(25)21-17-4-7-27-12-17/h4,7-8,12,18,20H,5-6,9-11H2,1-3H3,(H,21,25)/t18-/m1/s1. The Balaban J connectivity index is 1.59. The summed E-state index contributed by atoms with van der Waals surface area (Å²) in [5, 5.41) is 6.72. The van der Waals surface area contributed by atoms with E-state index in [4.69, 9.17) is 4.74 Å². The fourth-order valence-electron chi connectivity index (χ4n) is 3.25. The van der Waals surface area contributed by atoms with Crippen LogP contribution >= 0.6 is 11.3 Å². The number of morpholine rings is 1. The molecule has 2 N–H and O–H groups in total. The summed E-state index contributed by atoms with van der Waals surface area (Å²) >= 11 is 1.54. The van der Waals surface area contributed by atoms with E-state index in [0.29, 0.717) is 32.8 Å². The van der Waals surface area contributed by atoms with Crippen molar-refractivity contribution < 1.29 is 14.3 Å². The average Bonchev–Trinajstić information content (AvgIpc) is 3.24. The van der Waals surface area contributed by atoms with Gasteiger partial charge in [-0.15, -0.1) is 0 Å². The van der Waals surface area contributed by atoms with Gasteiger partial charge >= 0.3 is 6.03 Å². The lowest BCUT2D eigenvalue weighted by Gasteiger charge is -2.35. The summed E-state index contributed by atoms with van der Waals surface area (Å²) in [7, 11) is 0. The molecule has 3 heterocycles. The number of anilines is 1. The summed E-state index contributed by atoms with van der Waals surface area (Å²) in [6.07, 6.45) is -0.198. The molecular weight excluding hydrogens is 364 g/mol. The third-order valence-electron chi connectivity index (χ3n) is 4.69. The van der Waals surface area contributed by atoms with Crippen molar-refractivity contribution in [1.82, 2.24) is 14.8 Å². The fraction of sp³-hybridized carbons (Fsp3) is 0.474. The van der Waals surface area contributed by atoms with E-state index in [1.807, 2.05) is 30.7 Å². The molecule has 1 fully saturated rings. The van der Waals surface area contributed by atoms with Gasteiger partial charge in [-0.1, -0.05) is 0 Å². The predicted molar refractivity (Wildman–Crippen MR) is 106 cm³/mol. The van der Waals surface area contributed by atoms with Crippen LogP contribution in [0.3, 0.4) is 0 Å². The van der Waals surface area contributed by atoms with E-state index in [9.17, 15) is 9.59 Å². The number of aromatic nitrogens is 1. The van der Waals surface area contributed by atoms with Crippen molar-refractivity contribution in [3.8, 4) is 0 Å². The third-order valence-corrected chi connectivity index (χ3v) is 5.37. The number of H-pyrrole nitrogens is 1. The van der Waals surface area contributed by atoms with Crippen LogP contribution < -0.4 is 5.32 Å². The van der Waals surface area contributed by atoms with E-state index in [2.05, 4.69) is 16.4 Å². The quantitative estimate of drug-likeness (QED) is 0.824. The van der Waals surface area contributed by atoms with Crippen molar-refractivity contribution >= 4 is 29.0 Å². The number of carbonyl (C=O) groups is 2. The molecular formula is C19H26N4O3S. The first-order chi connectivity index (χ1) is 12.9. The van der Waals surface area contributed by atoms with Gasteiger partial charge in [0, 0.05) is 43.3 Å². The van der Waals surface area contributed by atoms with Crippen molar-refractivity contribution in [2.75, 3.05) is 31.6 Å². The summed E-state index contributed by atoms with van der Waals surface area (Å²) in [6, 6.07) is 3.81. The van der Waals surface area contributed by atoms with Crippen LogP contribution in [0.4, 0.5) is 10.5 Å². The second-order valence-electron chi connectivity index (χ2n) is 6.88. The molecule has 0 saturated carbocycles. The number of aryl methyl sites for hydroxylation is 2. The molecule has 1 aliphatic rings. The van der Waals surface area contributed by atoms with Crippen LogP contribution in [0, 0.1) is 13.8 Å². The van der Waals surface area contributed by atoms with Crippen LogP contribution in [-0.4, -0.2) is 59.1 Å². The van der Waals surface area contributed by atoms with E-state index in [0.717, 1.165) is 22.6 Å². The molecule has 0 radical (unpaired) electrons. The molecule has 0 aromatic carbocycles. The molecule has 2 aromatic rings. The predicted octanol–water partition coefficient (Wildman–Crippen LogP) is 2.97. The largest absolute Gasteiger partial charge is 0.373 e. The number of nitrogens with one attached hydrogen (secondary N) is 2. The summed E-state index contributed by atoms with van der Waals surface area (Å²) in [5.41, 5.74) is 4.05. The van der Waals surface area contributed by atoms with Gasteiger partial charge in [0.05, 0.1) is 24.9 Å². The molecule has 7 nitrogen and oxygen atoms in total. The van der Waals surface area contributed by atoms with E-state index in [-0.39, 0.29) is 18.0 Å². The Bertz CT molecular complexity index is 787. The maximum Gasteiger partial charge on any atom is 0.322 e. The van der Waals surface area contributed by atoms with Crippen LogP contribution in [0.15, 0.2) is 22.9 Å². The van der Waals surface area contributed by atoms with Crippen molar-refractivity contribution in [2.24, 2.45) is 0 Å². The van der Waals surface area contributed by atoms with Gasteiger partial charge in [-0.05, 0) is 36.9 Å². The number of hydrogen-bond donors (Lipinski definition) is 2. The first-order valence-corrected chi connectivity index (χ1v) is 9.97. The first kappa shape index (κ1) is 19.4. The maximum atomic E-state index is 12.4. The Morgan fingerprint density at radius 2 is 2.26 bits per heavy atom. The lowest BCUT2D eigenvalue weighted by atomic mass is 10.2. The monoisotopic (exact) mass is 390 g/mol. The second kappa shape index (κ2) is 8.58. The van der Waals surface area contributed by atoms with Crippen LogP contribution in [-0.2, 0) is 16.1 Å². The Morgan fingerprint density at radius 3 is 2.89 bits per heavy atom.